The number of amides is 1. The summed E-state index contributed by atoms with van der Waals surface area (Å²) in [6, 6.07) is 8.15. The molecule has 2 atom stereocenters. The monoisotopic (exact) mass is 283 g/mol. The van der Waals surface area contributed by atoms with Gasteiger partial charge in [-0.05, 0) is 50.2 Å². The molecule has 4 nitrogen and oxygen atoms in total. The third kappa shape index (κ3) is 2.33. The van der Waals surface area contributed by atoms with Gasteiger partial charge in [0.15, 0.2) is 0 Å². The van der Waals surface area contributed by atoms with Gasteiger partial charge >= 0.3 is 0 Å². The fourth-order valence-electron chi connectivity index (χ4n) is 3.84. The number of nitrogens with one attached hydrogen (secondary N) is 1. The highest BCUT2D eigenvalue weighted by molar-refractivity contribution is 5.79. The lowest BCUT2D eigenvalue weighted by Gasteiger charge is -2.13. The molecular weight excluding hydrogens is 262 g/mol. The SMILES string of the molecule is Cc1nc2ccccc2n1CCNC(=O)C1CC2CC2C1. The minimum atomic E-state index is 0.254. The topological polar surface area (TPSA) is 46.9 Å². The van der Waals surface area contributed by atoms with Crippen molar-refractivity contribution in [3.05, 3.63) is 30.1 Å². The molecule has 1 heterocycles. The molecule has 1 aromatic carbocycles. The average molecular weight is 283 g/mol. The van der Waals surface area contributed by atoms with Crippen LogP contribution in [0.2, 0.25) is 0 Å². The van der Waals surface area contributed by atoms with Gasteiger partial charge in [0, 0.05) is 19.0 Å². The Kier molecular flexibility index (Phi) is 2.98. The Morgan fingerprint density at radius 1 is 1.29 bits per heavy atom. The lowest BCUT2D eigenvalue weighted by Crippen LogP contribution is -2.32. The summed E-state index contributed by atoms with van der Waals surface area (Å²) in [4.78, 5) is 16.7. The van der Waals surface area contributed by atoms with Crippen LogP contribution in [0, 0.1) is 24.7 Å². The van der Waals surface area contributed by atoms with Gasteiger partial charge in [-0.3, -0.25) is 4.79 Å². The van der Waals surface area contributed by atoms with E-state index in [2.05, 4.69) is 20.9 Å². The van der Waals surface area contributed by atoms with E-state index in [1.54, 1.807) is 0 Å². The number of hydrogen-bond donors (Lipinski definition) is 1. The second kappa shape index (κ2) is 4.86. The number of hydrogen-bond acceptors (Lipinski definition) is 2. The molecule has 2 saturated carbocycles. The number of nitrogens with zero attached hydrogens (tertiary/aromatic N) is 2. The van der Waals surface area contributed by atoms with Crippen molar-refractivity contribution < 1.29 is 4.79 Å². The van der Waals surface area contributed by atoms with E-state index >= 15 is 0 Å². The summed E-state index contributed by atoms with van der Waals surface area (Å²) in [7, 11) is 0. The van der Waals surface area contributed by atoms with Crippen LogP contribution in [0.15, 0.2) is 24.3 Å². The van der Waals surface area contributed by atoms with E-state index in [9.17, 15) is 4.79 Å². The molecule has 0 aliphatic heterocycles. The molecule has 2 aliphatic carbocycles. The van der Waals surface area contributed by atoms with Crippen molar-refractivity contribution in [3.8, 4) is 0 Å². The second-order valence-electron chi connectivity index (χ2n) is 6.51. The maximum atomic E-state index is 12.2. The van der Waals surface area contributed by atoms with Gasteiger partial charge in [0.05, 0.1) is 11.0 Å². The Balaban J connectivity index is 1.37. The molecule has 0 radical (unpaired) electrons. The molecule has 110 valence electrons. The van der Waals surface area contributed by atoms with Gasteiger partial charge in [0.1, 0.15) is 5.82 Å². The first-order valence-corrected chi connectivity index (χ1v) is 7.92. The number of imidazole rings is 1. The number of carbonyl (C=O) groups excluding carboxylic acids is 1. The minimum absolute atomic E-state index is 0.254. The van der Waals surface area contributed by atoms with Gasteiger partial charge in [0.2, 0.25) is 5.91 Å². The molecule has 2 fully saturated rings. The fourth-order valence-corrected chi connectivity index (χ4v) is 3.84. The molecule has 21 heavy (non-hydrogen) atoms. The van der Waals surface area contributed by atoms with Gasteiger partial charge < -0.3 is 9.88 Å². The van der Waals surface area contributed by atoms with Crippen LogP contribution in [0.3, 0.4) is 0 Å². The van der Waals surface area contributed by atoms with E-state index in [1.807, 2.05) is 25.1 Å². The van der Waals surface area contributed by atoms with Gasteiger partial charge in [-0.15, -0.1) is 0 Å². The highest BCUT2D eigenvalue weighted by Crippen LogP contribution is 2.54. The van der Waals surface area contributed by atoms with Gasteiger partial charge in [0.25, 0.3) is 0 Å². The summed E-state index contributed by atoms with van der Waals surface area (Å²) in [5.74, 6) is 3.26. The number of benzene rings is 1. The number of para-hydroxylation sites is 2. The van der Waals surface area contributed by atoms with E-state index in [0.29, 0.717) is 6.54 Å². The van der Waals surface area contributed by atoms with Gasteiger partial charge in [-0.2, -0.15) is 0 Å². The largest absolute Gasteiger partial charge is 0.354 e. The first-order valence-electron chi connectivity index (χ1n) is 7.92. The minimum Gasteiger partial charge on any atom is -0.354 e. The molecule has 0 saturated heterocycles. The molecule has 4 rings (SSSR count). The molecule has 2 aliphatic rings. The lowest BCUT2D eigenvalue weighted by molar-refractivity contribution is -0.125. The zero-order chi connectivity index (χ0) is 14.4. The van der Waals surface area contributed by atoms with Crippen molar-refractivity contribution in [2.75, 3.05) is 6.54 Å². The van der Waals surface area contributed by atoms with Crippen LogP contribution in [0.4, 0.5) is 0 Å². The van der Waals surface area contributed by atoms with E-state index in [-0.39, 0.29) is 11.8 Å². The standard InChI is InChI=1S/C17H21N3O/c1-11-19-15-4-2-3-5-16(15)20(11)7-6-18-17(21)14-9-12-8-13(12)10-14/h2-5,12-14H,6-10H2,1H3,(H,18,21). The smallest absolute Gasteiger partial charge is 0.223 e. The first-order chi connectivity index (χ1) is 10.2. The quantitative estimate of drug-likeness (QED) is 0.937. The summed E-state index contributed by atoms with van der Waals surface area (Å²) < 4.78 is 2.18. The molecular formula is C17H21N3O. The Labute approximate surface area is 124 Å². The maximum Gasteiger partial charge on any atom is 0.223 e. The van der Waals surface area contributed by atoms with E-state index in [1.165, 1.54) is 6.42 Å². The van der Waals surface area contributed by atoms with Crippen LogP contribution in [-0.4, -0.2) is 22.0 Å². The number of aryl methyl sites for hydroxylation is 1. The normalized spacial score (nSPS) is 26.8. The third-order valence-electron chi connectivity index (χ3n) is 5.09. The second-order valence-corrected chi connectivity index (χ2v) is 6.51. The number of aromatic nitrogens is 2. The molecule has 4 heteroatoms. The molecule has 0 bridgehead atoms. The van der Waals surface area contributed by atoms with Crippen molar-refractivity contribution in [2.24, 2.45) is 17.8 Å². The number of carbonyl (C=O) groups is 1. The Morgan fingerprint density at radius 2 is 2.05 bits per heavy atom. The van der Waals surface area contributed by atoms with E-state index in [4.69, 9.17) is 0 Å². The molecule has 1 N–H and O–H groups in total. The van der Waals surface area contributed by atoms with Crippen LogP contribution < -0.4 is 5.32 Å². The predicted octanol–water partition coefficient (Wildman–Crippen LogP) is 2.51. The Bertz CT molecular complexity index is 680. The average Bonchev–Trinajstić information content (AvgIpc) is 2.96. The van der Waals surface area contributed by atoms with E-state index in [0.717, 1.165) is 48.1 Å². The van der Waals surface area contributed by atoms with Crippen LogP contribution in [0.25, 0.3) is 11.0 Å². The van der Waals surface area contributed by atoms with Gasteiger partial charge in [-0.1, -0.05) is 12.1 Å². The zero-order valence-electron chi connectivity index (χ0n) is 12.4. The Morgan fingerprint density at radius 3 is 2.86 bits per heavy atom. The first kappa shape index (κ1) is 12.9. The van der Waals surface area contributed by atoms with Gasteiger partial charge in [-0.25, -0.2) is 4.98 Å². The van der Waals surface area contributed by atoms with Crippen molar-refractivity contribution >= 4 is 16.9 Å². The van der Waals surface area contributed by atoms with Crippen molar-refractivity contribution in [2.45, 2.75) is 32.7 Å². The Hall–Kier alpha value is -1.84. The van der Waals surface area contributed by atoms with Crippen LogP contribution in [0.1, 0.15) is 25.1 Å². The number of rotatable bonds is 4. The fraction of sp³-hybridized carbons (Fsp3) is 0.529. The highest BCUT2D eigenvalue weighted by Gasteiger charge is 2.47. The lowest BCUT2D eigenvalue weighted by atomic mass is 10.0. The van der Waals surface area contributed by atoms with Crippen LogP contribution in [0.5, 0.6) is 0 Å². The summed E-state index contributed by atoms with van der Waals surface area (Å²) in [5.41, 5.74) is 2.17. The van der Waals surface area contributed by atoms with Crippen LogP contribution >= 0.6 is 0 Å². The molecule has 2 unspecified atom stereocenters. The molecule has 1 aromatic heterocycles. The van der Waals surface area contributed by atoms with E-state index < -0.39 is 0 Å². The zero-order valence-corrected chi connectivity index (χ0v) is 12.4. The maximum absolute atomic E-state index is 12.2. The molecule has 0 spiro atoms. The number of fused-ring (bicyclic) bond motifs is 2. The van der Waals surface area contributed by atoms with Crippen molar-refractivity contribution in [1.82, 2.24) is 14.9 Å². The predicted molar refractivity (Wildman–Crippen MR) is 81.8 cm³/mol. The van der Waals surface area contributed by atoms with Crippen LogP contribution in [-0.2, 0) is 11.3 Å². The molecule has 1 amide bonds. The third-order valence-corrected chi connectivity index (χ3v) is 5.09. The summed E-state index contributed by atoms with van der Waals surface area (Å²) in [5, 5.41) is 3.11. The summed E-state index contributed by atoms with van der Waals surface area (Å²) >= 11 is 0. The van der Waals surface area contributed by atoms with Crippen molar-refractivity contribution in [1.29, 1.82) is 0 Å². The summed E-state index contributed by atoms with van der Waals surface area (Å²) in [6.45, 7) is 3.50. The summed E-state index contributed by atoms with van der Waals surface area (Å²) in [6.07, 6.45) is 3.59. The van der Waals surface area contributed by atoms with Crippen molar-refractivity contribution in [3.63, 3.8) is 0 Å². The molecule has 2 aromatic rings. The highest BCUT2D eigenvalue weighted by atomic mass is 16.1.